The number of aromatic hydroxyl groups is 3. The van der Waals surface area contributed by atoms with Crippen LogP contribution in [0.15, 0.2) is 54.3 Å². The van der Waals surface area contributed by atoms with Crippen molar-refractivity contribution in [3.63, 3.8) is 0 Å². The van der Waals surface area contributed by atoms with E-state index in [4.69, 9.17) is 9.47 Å². The van der Waals surface area contributed by atoms with Crippen LogP contribution >= 0.6 is 0 Å². The van der Waals surface area contributed by atoms with Crippen molar-refractivity contribution >= 4 is 5.57 Å². The lowest BCUT2D eigenvalue weighted by atomic mass is 10.1. The van der Waals surface area contributed by atoms with Gasteiger partial charge in [-0.1, -0.05) is 26.7 Å². The number of aliphatic hydroxyl groups is 1. The van der Waals surface area contributed by atoms with Gasteiger partial charge in [0.05, 0.1) is 36.7 Å². The molecule has 3 rings (SSSR count). The number of nitrogens with zero attached hydrogens (tertiary/aromatic N) is 3. The minimum Gasteiger partial charge on any atom is -0.508 e. The van der Waals surface area contributed by atoms with Crippen molar-refractivity contribution in [2.75, 3.05) is 19.8 Å². The second-order valence-corrected chi connectivity index (χ2v) is 8.72. The Morgan fingerprint density at radius 3 is 2.05 bits per heavy atom. The van der Waals surface area contributed by atoms with E-state index in [0.29, 0.717) is 35.9 Å². The molecule has 0 aliphatic heterocycles. The summed E-state index contributed by atoms with van der Waals surface area (Å²) in [5.74, 6) is 1.14. The van der Waals surface area contributed by atoms with Crippen LogP contribution in [0.3, 0.4) is 0 Å². The molecule has 0 aliphatic rings. The van der Waals surface area contributed by atoms with Gasteiger partial charge in [-0.05, 0) is 56.2 Å². The molecule has 0 amide bonds. The lowest BCUT2D eigenvalue weighted by Crippen LogP contribution is -2.05. The van der Waals surface area contributed by atoms with Crippen molar-refractivity contribution in [3.05, 3.63) is 60.1 Å². The molecule has 0 aliphatic carbocycles. The molecular weight excluding hydrogens is 486 g/mol. The van der Waals surface area contributed by atoms with Crippen molar-refractivity contribution in [1.29, 1.82) is 0 Å². The summed E-state index contributed by atoms with van der Waals surface area (Å²) in [7, 11) is 0. The zero-order chi connectivity index (χ0) is 27.5. The standard InChI is InChI=1S/C29H35N3O6/c1-4-6-14-37-19(3)8-9-20(18-33)27-30-28(23-12-10-21(34)16-25(23)35)32-29(31-27)24-13-11-22(17-26(24)36)38-15-7-5-2/h8-13,16-17,33-36H,4-7,14-15,18H2,1-3H3/b19-8+,20-9+. The van der Waals surface area contributed by atoms with Crippen LogP contribution in [0, 0.1) is 0 Å². The molecule has 0 fully saturated rings. The van der Waals surface area contributed by atoms with Gasteiger partial charge in [0.1, 0.15) is 23.0 Å². The topological polar surface area (TPSA) is 138 Å². The molecular formula is C29H35N3O6. The minimum absolute atomic E-state index is 0.0911. The van der Waals surface area contributed by atoms with Gasteiger partial charge in [0.15, 0.2) is 17.5 Å². The number of allylic oxidation sites excluding steroid dienone is 3. The van der Waals surface area contributed by atoms with E-state index in [-0.39, 0.29) is 46.9 Å². The summed E-state index contributed by atoms with van der Waals surface area (Å²) in [6, 6.07) is 8.92. The lowest BCUT2D eigenvalue weighted by molar-refractivity contribution is 0.209. The van der Waals surface area contributed by atoms with Crippen LogP contribution < -0.4 is 4.74 Å². The van der Waals surface area contributed by atoms with Crippen molar-refractivity contribution in [3.8, 4) is 45.8 Å². The summed E-state index contributed by atoms with van der Waals surface area (Å²) < 4.78 is 11.3. The molecule has 9 heteroatoms. The van der Waals surface area contributed by atoms with Crippen LogP contribution in [0.1, 0.15) is 52.3 Å². The van der Waals surface area contributed by atoms with Gasteiger partial charge in [0.2, 0.25) is 0 Å². The predicted molar refractivity (Wildman–Crippen MR) is 146 cm³/mol. The van der Waals surface area contributed by atoms with Gasteiger partial charge < -0.3 is 29.9 Å². The molecule has 2 aromatic carbocycles. The van der Waals surface area contributed by atoms with E-state index >= 15 is 0 Å². The highest BCUT2D eigenvalue weighted by Crippen LogP contribution is 2.34. The fourth-order valence-corrected chi connectivity index (χ4v) is 3.44. The van der Waals surface area contributed by atoms with Crippen molar-refractivity contribution in [1.82, 2.24) is 15.0 Å². The predicted octanol–water partition coefficient (Wildman–Crippen LogP) is 5.60. The fourth-order valence-electron chi connectivity index (χ4n) is 3.44. The number of hydrogen-bond acceptors (Lipinski definition) is 9. The van der Waals surface area contributed by atoms with E-state index < -0.39 is 0 Å². The van der Waals surface area contributed by atoms with E-state index in [2.05, 4.69) is 28.8 Å². The molecule has 3 aromatic rings. The quantitative estimate of drug-likeness (QED) is 0.129. The third kappa shape index (κ3) is 7.69. The molecule has 202 valence electrons. The average Bonchev–Trinajstić information content (AvgIpc) is 2.89. The third-order valence-electron chi connectivity index (χ3n) is 5.64. The number of phenolic OH excluding ortho intramolecular Hbond substituents is 3. The third-order valence-corrected chi connectivity index (χ3v) is 5.64. The number of hydrogen-bond donors (Lipinski definition) is 4. The largest absolute Gasteiger partial charge is 0.508 e. The number of phenols is 3. The first-order valence-electron chi connectivity index (χ1n) is 12.7. The lowest BCUT2D eigenvalue weighted by Gasteiger charge is -2.12. The summed E-state index contributed by atoms with van der Waals surface area (Å²) in [4.78, 5) is 13.5. The Bertz CT molecular complexity index is 1290. The average molecular weight is 522 g/mol. The Labute approximate surface area is 222 Å². The molecule has 0 bridgehead atoms. The molecule has 4 N–H and O–H groups in total. The molecule has 38 heavy (non-hydrogen) atoms. The van der Waals surface area contributed by atoms with E-state index in [0.717, 1.165) is 25.7 Å². The Morgan fingerprint density at radius 2 is 1.45 bits per heavy atom. The van der Waals surface area contributed by atoms with E-state index in [1.807, 2.05) is 6.92 Å². The first kappa shape index (κ1) is 28.5. The first-order chi connectivity index (χ1) is 18.4. The molecule has 0 atom stereocenters. The number of aliphatic hydroxyl groups excluding tert-OH is 1. The second-order valence-electron chi connectivity index (χ2n) is 8.72. The summed E-state index contributed by atoms with van der Waals surface area (Å²) >= 11 is 0. The fraction of sp³-hybridized carbons (Fsp3) is 0.345. The normalized spacial score (nSPS) is 12.0. The molecule has 1 heterocycles. The Morgan fingerprint density at radius 1 is 0.816 bits per heavy atom. The summed E-state index contributed by atoms with van der Waals surface area (Å²) in [5.41, 5.74) is 0.951. The maximum atomic E-state index is 10.8. The van der Waals surface area contributed by atoms with Gasteiger partial charge in [-0.2, -0.15) is 0 Å². The number of ether oxygens (including phenoxy) is 2. The SMILES string of the molecule is CCCCO/C(C)=C/C=C(\CO)c1nc(-c2ccc(O)cc2O)nc(-c2ccc(OCCCC)cc2O)n1. The molecule has 1 aromatic heterocycles. The van der Waals surface area contributed by atoms with E-state index in [1.54, 1.807) is 24.3 Å². The minimum atomic E-state index is -0.376. The summed E-state index contributed by atoms with van der Waals surface area (Å²) in [5, 5.41) is 41.1. The zero-order valence-electron chi connectivity index (χ0n) is 22.0. The van der Waals surface area contributed by atoms with Crippen molar-refractivity contribution in [2.24, 2.45) is 0 Å². The second kappa shape index (κ2) is 14.0. The van der Waals surface area contributed by atoms with Gasteiger partial charge in [0.25, 0.3) is 0 Å². The maximum Gasteiger partial charge on any atom is 0.167 e. The maximum absolute atomic E-state index is 10.8. The molecule has 0 saturated carbocycles. The molecule has 9 nitrogen and oxygen atoms in total. The van der Waals surface area contributed by atoms with Crippen LogP contribution in [0.5, 0.6) is 23.0 Å². The monoisotopic (exact) mass is 521 g/mol. The smallest absolute Gasteiger partial charge is 0.167 e. The molecule has 0 radical (unpaired) electrons. The van der Waals surface area contributed by atoms with Gasteiger partial charge in [0, 0.05) is 17.7 Å². The van der Waals surface area contributed by atoms with Crippen LogP contribution in [-0.4, -0.2) is 55.2 Å². The highest BCUT2D eigenvalue weighted by Gasteiger charge is 2.18. The summed E-state index contributed by atoms with van der Waals surface area (Å²) in [6.45, 7) is 6.73. The zero-order valence-corrected chi connectivity index (χ0v) is 22.0. The number of unbranched alkanes of at least 4 members (excludes halogenated alkanes) is 2. The molecule has 0 spiro atoms. The number of rotatable bonds is 13. The van der Waals surface area contributed by atoms with Crippen LogP contribution in [-0.2, 0) is 4.74 Å². The van der Waals surface area contributed by atoms with Crippen molar-refractivity contribution < 1.29 is 29.9 Å². The van der Waals surface area contributed by atoms with Gasteiger partial charge in [-0.25, -0.2) is 15.0 Å². The van der Waals surface area contributed by atoms with Crippen LogP contribution in [0.4, 0.5) is 0 Å². The number of benzene rings is 2. The number of aromatic nitrogens is 3. The highest BCUT2D eigenvalue weighted by atomic mass is 16.5. The molecule has 0 saturated heterocycles. The first-order valence-corrected chi connectivity index (χ1v) is 12.7. The van der Waals surface area contributed by atoms with E-state index in [1.165, 1.54) is 24.3 Å². The van der Waals surface area contributed by atoms with Crippen molar-refractivity contribution in [2.45, 2.75) is 46.5 Å². The van der Waals surface area contributed by atoms with Gasteiger partial charge >= 0.3 is 0 Å². The van der Waals surface area contributed by atoms with Crippen LogP contribution in [0.25, 0.3) is 28.3 Å². The molecule has 0 unspecified atom stereocenters. The highest BCUT2D eigenvalue weighted by molar-refractivity contribution is 5.73. The van der Waals surface area contributed by atoms with Crippen LogP contribution in [0.2, 0.25) is 0 Å². The van der Waals surface area contributed by atoms with Gasteiger partial charge in [-0.3, -0.25) is 0 Å². The Balaban J connectivity index is 2.08. The summed E-state index contributed by atoms with van der Waals surface area (Å²) in [6.07, 6.45) is 7.22. The van der Waals surface area contributed by atoms with E-state index in [9.17, 15) is 20.4 Å². The van der Waals surface area contributed by atoms with Gasteiger partial charge in [-0.15, -0.1) is 0 Å². The Kier molecular flexibility index (Phi) is 10.5. The Hall–Kier alpha value is -4.11.